The molecule has 0 unspecified atom stereocenters. The molecule has 2 nitrogen and oxygen atoms in total. The van der Waals surface area contributed by atoms with Gasteiger partial charge >= 0.3 is 8.69 Å². The summed E-state index contributed by atoms with van der Waals surface area (Å²) in [6, 6.07) is 0. The Morgan fingerprint density at radius 2 is 1.86 bits per heavy atom. The topological polar surface area (TPSA) is 26.3 Å². The van der Waals surface area contributed by atoms with Crippen LogP contribution >= 0.6 is 19.0 Å². The van der Waals surface area contributed by atoms with Crippen molar-refractivity contribution in [3.05, 3.63) is 0 Å². The molecule has 0 aliphatic carbocycles. The number of hydrogen-bond acceptors (Lipinski definition) is 2. The van der Waals surface area contributed by atoms with Crippen molar-refractivity contribution in [3.8, 4) is 0 Å². The van der Waals surface area contributed by atoms with Crippen molar-refractivity contribution in [1.82, 2.24) is 0 Å². The third-order valence-corrected chi connectivity index (χ3v) is 2.29. The summed E-state index contributed by atoms with van der Waals surface area (Å²) in [5, 5.41) is 0. The molecule has 0 rings (SSSR count). The lowest BCUT2D eigenvalue weighted by molar-refractivity contribution is 0.549. The van der Waals surface area contributed by atoms with Gasteiger partial charge in [-0.2, -0.15) is 0 Å². The molecule has 0 aliphatic rings. The van der Waals surface area contributed by atoms with Crippen molar-refractivity contribution in [2.24, 2.45) is 0 Å². The van der Waals surface area contributed by atoms with Crippen LogP contribution in [0, 0.1) is 0 Å². The molecule has 0 saturated carbocycles. The van der Waals surface area contributed by atoms with Gasteiger partial charge in [0.2, 0.25) is 0 Å². The van der Waals surface area contributed by atoms with Crippen LogP contribution in [-0.4, -0.2) is 18.8 Å². The normalized spacial score (nSPS) is 14.7. The highest BCUT2D eigenvalue weighted by atomic mass is 32.3. The molecule has 0 radical (unpaired) electrons. The summed E-state index contributed by atoms with van der Waals surface area (Å²) < 4.78 is 14.4. The van der Waals surface area contributed by atoms with Crippen LogP contribution in [0.25, 0.3) is 0 Å². The first-order valence-corrected chi connectivity index (χ1v) is 5.27. The molecule has 0 fully saturated rings. The highest BCUT2D eigenvalue weighted by molar-refractivity contribution is 8.29. The zero-order chi connectivity index (χ0) is 5.91. The van der Waals surface area contributed by atoms with Gasteiger partial charge in [-0.3, -0.25) is 0 Å². The monoisotopic (exact) mass is 140 g/mol. The lowest BCUT2D eigenvalue weighted by atomic mass is 11.9. The highest BCUT2D eigenvalue weighted by Gasteiger charge is 2.00. The Bertz CT molecular complexity index is 67.8. The number of hydrogen-bond donors (Lipinski definition) is 0. The van der Waals surface area contributed by atoms with Crippen LogP contribution in [0.15, 0.2) is 0 Å². The molecule has 0 amide bonds. The zero-order valence-electron chi connectivity index (χ0n) is 4.67. The fourth-order valence-corrected chi connectivity index (χ4v) is 0.822. The molecular weight excluding hydrogens is 131 g/mol. The van der Waals surface area contributed by atoms with Gasteiger partial charge in [-0.25, -0.2) is 8.54 Å². The minimum absolute atomic E-state index is 0.204. The smallest absolute Gasteiger partial charge is 0.245 e. The maximum atomic E-state index is 9.72. The molecule has 0 spiro atoms. The lowest BCUT2D eigenvalue weighted by Crippen LogP contribution is -1.87. The van der Waals surface area contributed by atoms with Crippen LogP contribution in [-0.2, 0) is 8.54 Å². The molecule has 44 valence electrons. The fourth-order valence-electron chi connectivity index (χ4n) is 0.0913. The Balaban J connectivity index is 3.34. The largest absolute Gasteiger partial charge is 0.338 e. The standard InChI is InChI=1S/C3H9O2PS/c1-7(2,3)5-6-4/h1-3H3. The molecule has 0 bridgehead atoms. The summed E-state index contributed by atoms with van der Waals surface area (Å²) in [5.74, 6) is 0. The van der Waals surface area contributed by atoms with E-state index in [9.17, 15) is 4.57 Å². The van der Waals surface area contributed by atoms with Crippen molar-refractivity contribution >= 4 is 19.0 Å². The first-order valence-electron chi connectivity index (χ1n) is 1.76. The maximum absolute atomic E-state index is 9.72. The zero-order valence-corrected chi connectivity index (χ0v) is 6.38. The minimum atomic E-state index is -0.999. The second kappa shape index (κ2) is 2.65. The SMILES string of the molecule is CS(C)(C)OP=O. The third kappa shape index (κ3) is 6.41. The van der Waals surface area contributed by atoms with Crippen molar-refractivity contribution in [3.63, 3.8) is 0 Å². The van der Waals surface area contributed by atoms with Gasteiger partial charge in [0, 0.05) is 0 Å². The highest BCUT2D eigenvalue weighted by Crippen LogP contribution is 2.39. The van der Waals surface area contributed by atoms with Crippen molar-refractivity contribution in [2.45, 2.75) is 0 Å². The summed E-state index contributed by atoms with van der Waals surface area (Å²) in [6.45, 7) is 0. The molecule has 4 heteroatoms. The van der Waals surface area contributed by atoms with Crippen LogP contribution < -0.4 is 0 Å². The van der Waals surface area contributed by atoms with E-state index in [1.165, 1.54) is 0 Å². The van der Waals surface area contributed by atoms with Crippen LogP contribution in [0.2, 0.25) is 0 Å². The predicted octanol–water partition coefficient (Wildman–Crippen LogP) is 1.82. The van der Waals surface area contributed by atoms with Gasteiger partial charge in [0.1, 0.15) is 0 Å². The predicted molar refractivity (Wildman–Crippen MR) is 34.1 cm³/mol. The van der Waals surface area contributed by atoms with Gasteiger partial charge in [-0.15, -0.1) is 10.3 Å². The van der Waals surface area contributed by atoms with Crippen LogP contribution in [0.1, 0.15) is 0 Å². The Hall–Kier alpha value is 0.410. The quantitative estimate of drug-likeness (QED) is 0.547. The Morgan fingerprint density at radius 3 is 1.86 bits per heavy atom. The van der Waals surface area contributed by atoms with E-state index >= 15 is 0 Å². The average molecular weight is 140 g/mol. The van der Waals surface area contributed by atoms with Crippen LogP contribution in [0.4, 0.5) is 0 Å². The van der Waals surface area contributed by atoms with Crippen molar-refractivity contribution < 1.29 is 8.54 Å². The van der Waals surface area contributed by atoms with E-state index in [4.69, 9.17) is 3.97 Å². The van der Waals surface area contributed by atoms with E-state index in [0.29, 0.717) is 0 Å². The Kier molecular flexibility index (Phi) is 2.81. The molecule has 0 aromatic heterocycles. The van der Waals surface area contributed by atoms with E-state index in [-0.39, 0.29) is 8.69 Å². The molecule has 0 aromatic carbocycles. The van der Waals surface area contributed by atoms with Crippen molar-refractivity contribution in [1.29, 1.82) is 0 Å². The summed E-state index contributed by atoms with van der Waals surface area (Å²) in [7, 11) is -1.20. The first kappa shape index (κ1) is 7.41. The summed E-state index contributed by atoms with van der Waals surface area (Å²) in [6.07, 6.45) is 5.79. The molecule has 0 N–H and O–H groups in total. The molecule has 0 aliphatic heterocycles. The van der Waals surface area contributed by atoms with Gasteiger partial charge in [0.05, 0.1) is 0 Å². The van der Waals surface area contributed by atoms with E-state index in [2.05, 4.69) is 0 Å². The molecule has 7 heavy (non-hydrogen) atoms. The van der Waals surface area contributed by atoms with E-state index in [1.54, 1.807) is 0 Å². The summed E-state index contributed by atoms with van der Waals surface area (Å²) in [4.78, 5) is 0. The summed E-state index contributed by atoms with van der Waals surface area (Å²) >= 11 is 0. The van der Waals surface area contributed by atoms with Gasteiger partial charge < -0.3 is 0 Å². The van der Waals surface area contributed by atoms with E-state index in [1.807, 2.05) is 18.8 Å². The molecule has 0 aromatic rings. The molecule has 0 heterocycles. The molecular formula is C3H9O2PS. The summed E-state index contributed by atoms with van der Waals surface area (Å²) in [5.41, 5.74) is 0. The van der Waals surface area contributed by atoms with Gasteiger partial charge in [-0.1, -0.05) is 0 Å². The second-order valence-electron chi connectivity index (χ2n) is 1.87. The third-order valence-electron chi connectivity index (χ3n) is 0.254. The average Bonchev–Trinajstić information content (AvgIpc) is 1.30. The molecule has 0 atom stereocenters. The van der Waals surface area contributed by atoms with Crippen molar-refractivity contribution in [2.75, 3.05) is 18.8 Å². The maximum Gasteiger partial charge on any atom is 0.338 e. The lowest BCUT2D eigenvalue weighted by Gasteiger charge is -2.18. The first-order chi connectivity index (χ1) is 3.06. The van der Waals surface area contributed by atoms with Gasteiger partial charge in [-0.05, 0) is 18.8 Å². The molecule has 0 saturated heterocycles. The van der Waals surface area contributed by atoms with Gasteiger partial charge in [0.25, 0.3) is 0 Å². The second-order valence-corrected chi connectivity index (χ2v) is 6.07. The van der Waals surface area contributed by atoms with E-state index < -0.39 is 10.3 Å². The Morgan fingerprint density at radius 1 is 1.43 bits per heavy atom. The fraction of sp³-hybridized carbons (Fsp3) is 1.00. The minimum Gasteiger partial charge on any atom is -0.245 e. The Labute approximate surface area is 47.1 Å². The number of rotatable bonds is 2. The van der Waals surface area contributed by atoms with Crippen LogP contribution in [0.5, 0.6) is 0 Å². The van der Waals surface area contributed by atoms with Gasteiger partial charge in [0.15, 0.2) is 0 Å². The van der Waals surface area contributed by atoms with E-state index in [0.717, 1.165) is 0 Å². The van der Waals surface area contributed by atoms with Crippen LogP contribution in [0.3, 0.4) is 0 Å².